The molecule has 2 aliphatic heterocycles. The van der Waals surface area contributed by atoms with Crippen LogP contribution in [0.5, 0.6) is 0 Å². The maximum Gasteiger partial charge on any atom is 0.471 e. The zero-order valence-electron chi connectivity index (χ0n) is 23.2. The van der Waals surface area contributed by atoms with Crippen molar-refractivity contribution in [3.63, 3.8) is 0 Å². The Bertz CT molecular complexity index is 1580. The number of hydrogen-bond acceptors (Lipinski definition) is 13. The van der Waals surface area contributed by atoms with Gasteiger partial charge in [0.2, 0.25) is 11.1 Å². The molecule has 240 valence electrons. The minimum absolute atomic E-state index is 0.0426. The molecule has 2 aromatic rings. The number of aromatic nitrogens is 5. The molecule has 3 atom stereocenters. The molecule has 4 heterocycles. The minimum Gasteiger partial charge on any atom is -0.481 e. The molecule has 21 heteroatoms. The number of fused-ring (bicyclic) bond motifs is 1. The second-order valence-corrected chi connectivity index (χ2v) is 13.1. The number of amides is 3. The molecule has 0 aromatic carbocycles. The van der Waals surface area contributed by atoms with E-state index in [1.807, 2.05) is 0 Å². The van der Waals surface area contributed by atoms with Crippen LogP contribution >= 0.6 is 34.9 Å². The highest BCUT2D eigenvalue weighted by atomic mass is 32.2. The smallest absolute Gasteiger partial charge is 0.471 e. The molecule has 2 unspecified atom stereocenters. The van der Waals surface area contributed by atoms with Gasteiger partial charge in [-0.3, -0.25) is 24.5 Å². The number of thioether (sulfide) groups is 2. The average Bonchev–Trinajstić information content (AvgIpc) is 3.78. The number of carboxylic acid groups (broad SMARTS) is 1. The Balaban J connectivity index is 1.27. The summed E-state index contributed by atoms with van der Waals surface area (Å²) in [6.45, 7) is 1.47. The van der Waals surface area contributed by atoms with Crippen LogP contribution in [-0.4, -0.2) is 106 Å². The highest BCUT2D eigenvalue weighted by molar-refractivity contribution is 8.00. The first-order valence-corrected chi connectivity index (χ1v) is 16.2. The van der Waals surface area contributed by atoms with E-state index >= 15 is 0 Å². The number of thiazole rings is 1. The van der Waals surface area contributed by atoms with Crippen molar-refractivity contribution in [3.05, 3.63) is 11.1 Å². The van der Waals surface area contributed by atoms with Crippen LogP contribution < -0.4 is 10.6 Å². The molecule has 45 heavy (non-hydrogen) atoms. The van der Waals surface area contributed by atoms with Crippen molar-refractivity contribution in [3.8, 4) is 12.0 Å². The number of rotatable bonds is 10. The van der Waals surface area contributed by atoms with Gasteiger partial charge in [-0.1, -0.05) is 22.8 Å². The van der Waals surface area contributed by atoms with Crippen molar-refractivity contribution in [1.29, 1.82) is 0 Å². The number of nitrogens with one attached hydrogen (secondary N) is 2. The predicted molar refractivity (Wildman–Crippen MR) is 154 cm³/mol. The van der Waals surface area contributed by atoms with E-state index in [1.54, 1.807) is 12.2 Å². The third-order valence-corrected chi connectivity index (χ3v) is 10.6. The molecule has 2 saturated heterocycles. The second kappa shape index (κ2) is 13.2. The zero-order chi connectivity index (χ0) is 32.4. The van der Waals surface area contributed by atoms with Crippen molar-refractivity contribution < 1.29 is 42.3 Å². The van der Waals surface area contributed by atoms with Gasteiger partial charge in [-0.15, -0.1) is 32.9 Å². The Kier molecular flexibility index (Phi) is 9.54. The number of tetrazole rings is 1. The lowest BCUT2D eigenvalue weighted by molar-refractivity contribution is -0.167. The molecule has 1 saturated carbocycles. The largest absolute Gasteiger partial charge is 0.481 e. The van der Waals surface area contributed by atoms with E-state index in [9.17, 15) is 37.5 Å². The molecule has 3 N–H and O–H groups in total. The van der Waals surface area contributed by atoms with E-state index in [-0.39, 0.29) is 35.6 Å². The first-order valence-electron chi connectivity index (χ1n) is 13.3. The Morgan fingerprint density at radius 2 is 2.07 bits per heavy atom. The van der Waals surface area contributed by atoms with Crippen LogP contribution in [0.3, 0.4) is 0 Å². The number of oxime groups is 1. The van der Waals surface area contributed by atoms with Crippen LogP contribution in [0.4, 0.5) is 18.3 Å². The van der Waals surface area contributed by atoms with Gasteiger partial charge >= 0.3 is 18.1 Å². The number of nitrogens with zero attached hydrogens (tertiary/aromatic N) is 7. The molecule has 2 aromatic heterocycles. The zero-order valence-corrected chi connectivity index (χ0v) is 25.7. The number of halogens is 3. The van der Waals surface area contributed by atoms with Gasteiger partial charge in [0.15, 0.2) is 10.8 Å². The van der Waals surface area contributed by atoms with Crippen LogP contribution in [0.25, 0.3) is 0 Å². The Morgan fingerprint density at radius 3 is 2.76 bits per heavy atom. The van der Waals surface area contributed by atoms with E-state index in [0.717, 1.165) is 24.6 Å². The van der Waals surface area contributed by atoms with Gasteiger partial charge in [0.25, 0.3) is 5.91 Å². The van der Waals surface area contributed by atoms with E-state index in [4.69, 9.17) is 4.84 Å². The number of hydrogen-bond donors (Lipinski definition) is 3. The van der Waals surface area contributed by atoms with Gasteiger partial charge in [-0.2, -0.15) is 13.2 Å². The van der Waals surface area contributed by atoms with Gasteiger partial charge in [-0.05, 0) is 43.0 Å². The highest BCUT2D eigenvalue weighted by Crippen LogP contribution is 2.44. The average molecular weight is 688 g/mol. The molecular weight excluding hydrogens is 664 g/mol. The summed E-state index contributed by atoms with van der Waals surface area (Å²) in [7, 11) is 0. The van der Waals surface area contributed by atoms with Crippen molar-refractivity contribution in [2.24, 2.45) is 10.6 Å². The lowest BCUT2D eigenvalue weighted by Crippen LogP contribution is -2.74. The Morgan fingerprint density at radius 1 is 1.31 bits per heavy atom. The molecule has 0 radical (unpaired) electrons. The summed E-state index contributed by atoms with van der Waals surface area (Å²) in [5, 5.41) is 30.0. The summed E-state index contributed by atoms with van der Waals surface area (Å²) in [6.07, 6.45) is -2.22. The molecule has 1 aliphatic carbocycles. The number of β-lactam (4-membered cyclic amide) rings is 1. The SMILES string of the molecule is CC#Cn1nnnc1SCC1(C(=O)O)CS[C@@H]2C(NC(=O)C(=NOC3CCCC3)c3csc(NC(=O)C(F)(F)F)n3)C(=O)N2C1. The summed E-state index contributed by atoms with van der Waals surface area (Å²) in [4.78, 5) is 61.1. The fraction of sp³-hybridized carbons (Fsp3) is 0.542. The van der Waals surface area contributed by atoms with Crippen molar-refractivity contribution in [1.82, 2.24) is 35.4 Å². The van der Waals surface area contributed by atoms with E-state index < -0.39 is 51.8 Å². The van der Waals surface area contributed by atoms with Crippen LogP contribution in [0, 0.1) is 17.4 Å². The number of carbonyl (C=O) groups is 4. The molecular formula is C24H24F3N9O6S3. The number of carboxylic acids is 1. The molecule has 5 rings (SSSR count). The fourth-order valence-electron chi connectivity index (χ4n) is 4.70. The van der Waals surface area contributed by atoms with Crippen LogP contribution in [0.2, 0.25) is 0 Å². The lowest BCUT2D eigenvalue weighted by atomic mass is 9.89. The number of carbonyl (C=O) groups excluding carboxylic acids is 3. The maximum absolute atomic E-state index is 13.4. The summed E-state index contributed by atoms with van der Waals surface area (Å²) < 4.78 is 39.3. The number of anilines is 1. The maximum atomic E-state index is 13.4. The van der Waals surface area contributed by atoms with Crippen molar-refractivity contribution in [2.45, 2.75) is 61.5 Å². The normalized spacial score (nSPS) is 23.4. The Hall–Kier alpha value is -3.90. The first-order chi connectivity index (χ1) is 21.4. The summed E-state index contributed by atoms with van der Waals surface area (Å²) >= 11 is 2.92. The standard InChI is InChI=1S/C24H24F3N9O6S3/c1-2-7-36-22(31-33-34-36)45-11-23(20(40)41)9-35-17(38)15(18(35)44-10-23)29-16(37)14(32-42-12-5-3-4-6-12)13-8-43-21(28-13)30-19(39)24(25,26)27/h8,12,15,18H,3-6,9-11H2,1H3,(H,29,37)(H,40,41)(H,28,30,39)/t15?,18-,23?/m1/s1. The molecule has 0 bridgehead atoms. The third kappa shape index (κ3) is 7.01. The van der Waals surface area contributed by atoms with E-state index in [2.05, 4.69) is 42.9 Å². The van der Waals surface area contributed by atoms with E-state index in [1.165, 1.54) is 26.7 Å². The van der Waals surface area contributed by atoms with E-state index in [0.29, 0.717) is 29.3 Å². The first kappa shape index (κ1) is 32.5. The van der Waals surface area contributed by atoms with Crippen molar-refractivity contribution in [2.75, 3.05) is 23.4 Å². The molecule has 3 fully saturated rings. The van der Waals surface area contributed by atoms with Crippen LogP contribution in [0.15, 0.2) is 15.7 Å². The monoisotopic (exact) mass is 687 g/mol. The molecule has 3 aliphatic rings. The summed E-state index contributed by atoms with van der Waals surface area (Å²) in [5.41, 5.74) is -1.89. The van der Waals surface area contributed by atoms with Gasteiger partial charge < -0.3 is 20.2 Å². The van der Waals surface area contributed by atoms with Gasteiger partial charge in [0.1, 0.15) is 28.6 Å². The quantitative estimate of drug-likeness (QED) is 0.107. The highest BCUT2D eigenvalue weighted by Gasteiger charge is 2.57. The lowest BCUT2D eigenvalue weighted by Gasteiger charge is -2.53. The summed E-state index contributed by atoms with van der Waals surface area (Å²) in [5.74, 6) is -1.93. The predicted octanol–water partition coefficient (Wildman–Crippen LogP) is 1.39. The van der Waals surface area contributed by atoms with Crippen LogP contribution in [-0.2, 0) is 24.0 Å². The van der Waals surface area contributed by atoms with Gasteiger partial charge in [-0.25, -0.2) is 4.98 Å². The Labute approximate surface area is 265 Å². The molecule has 0 spiro atoms. The minimum atomic E-state index is -5.14. The van der Waals surface area contributed by atoms with Gasteiger partial charge in [0.05, 0.1) is 0 Å². The molecule has 3 amide bonds. The van der Waals surface area contributed by atoms with Gasteiger partial charge in [0, 0.05) is 29.5 Å². The topological polar surface area (TPSA) is 194 Å². The summed E-state index contributed by atoms with van der Waals surface area (Å²) in [6, 6.07) is 1.64. The third-order valence-electron chi connectivity index (χ3n) is 7.06. The second-order valence-electron chi connectivity index (χ2n) is 10.2. The number of aliphatic carboxylic acids is 1. The number of alkyl halides is 3. The fourth-order valence-corrected chi connectivity index (χ4v) is 8.08. The van der Waals surface area contributed by atoms with Crippen molar-refractivity contribution >= 4 is 69.4 Å². The molecule has 15 nitrogen and oxygen atoms in total. The van der Waals surface area contributed by atoms with Crippen LogP contribution in [0.1, 0.15) is 38.3 Å².